The molecule has 1 aromatic heterocycles. The fourth-order valence-electron chi connectivity index (χ4n) is 4.41. The van der Waals surface area contributed by atoms with Crippen molar-refractivity contribution in [1.82, 2.24) is 21.1 Å². The summed E-state index contributed by atoms with van der Waals surface area (Å²) in [6, 6.07) is 14.6. The zero-order valence-corrected chi connectivity index (χ0v) is 23.2. The lowest BCUT2D eigenvalue weighted by atomic mass is 9.84. The maximum atomic E-state index is 15.9. The Labute approximate surface area is 252 Å². The van der Waals surface area contributed by atoms with E-state index in [1.165, 1.54) is 18.2 Å². The lowest BCUT2D eigenvalue weighted by Gasteiger charge is -2.38. The minimum absolute atomic E-state index is 0.0241. The first-order valence-electron chi connectivity index (χ1n) is 12.9. The van der Waals surface area contributed by atoms with E-state index >= 15 is 8.78 Å². The van der Waals surface area contributed by atoms with E-state index in [4.69, 9.17) is 11.6 Å². The van der Waals surface area contributed by atoms with Crippen LogP contribution in [-0.2, 0) is 17.9 Å². The number of hydrogen-bond acceptors (Lipinski definition) is 7. The van der Waals surface area contributed by atoms with Crippen LogP contribution in [0.5, 0.6) is 0 Å². The molecule has 224 valence electrons. The molecular weight excluding hydrogens is 605 g/mol. The highest BCUT2D eigenvalue weighted by atomic mass is 35.5. The van der Waals surface area contributed by atoms with Gasteiger partial charge in [0.05, 0.1) is 11.6 Å². The molecule has 3 N–H and O–H groups in total. The van der Waals surface area contributed by atoms with Gasteiger partial charge in [-0.15, -0.1) is 5.53 Å². The van der Waals surface area contributed by atoms with Crippen molar-refractivity contribution in [2.24, 2.45) is 5.10 Å². The summed E-state index contributed by atoms with van der Waals surface area (Å²) in [7, 11) is 0. The Hall–Kier alpha value is -4.83. The largest absolute Gasteiger partial charge is 0.377 e. The summed E-state index contributed by atoms with van der Waals surface area (Å²) in [6.07, 6.45) is 2.11. The van der Waals surface area contributed by atoms with Gasteiger partial charge in [0.2, 0.25) is 0 Å². The zero-order valence-electron chi connectivity index (χ0n) is 22.5. The summed E-state index contributed by atoms with van der Waals surface area (Å²) in [6.45, 7) is -0.891. The van der Waals surface area contributed by atoms with Crippen molar-refractivity contribution >= 4 is 23.7 Å². The first-order valence-corrected chi connectivity index (χ1v) is 13.3. The van der Waals surface area contributed by atoms with E-state index < -0.39 is 46.8 Å². The minimum Gasteiger partial charge on any atom is -0.377 e. The Kier molecular flexibility index (Phi) is 8.64. The molecule has 1 atom stereocenters. The van der Waals surface area contributed by atoms with Crippen LogP contribution in [0.4, 0.5) is 22.0 Å². The van der Waals surface area contributed by atoms with Crippen molar-refractivity contribution in [3.63, 3.8) is 0 Å². The number of β-amino-alcohol motifs (C(OH)–C–C–N with tert-alkyl or cyclic N) is 1. The highest BCUT2D eigenvalue weighted by Crippen LogP contribution is 2.46. The van der Waals surface area contributed by atoms with Crippen molar-refractivity contribution in [2.75, 3.05) is 6.54 Å². The molecule has 2 heterocycles. The molecule has 44 heavy (non-hydrogen) atoms. The number of hydrogen-bond donors (Lipinski definition) is 3. The summed E-state index contributed by atoms with van der Waals surface area (Å²) in [4.78, 5) is 16.4. The van der Waals surface area contributed by atoms with E-state index in [0.717, 1.165) is 35.7 Å². The molecule has 0 aliphatic carbocycles. The molecule has 7 nitrogen and oxygen atoms in total. The lowest BCUT2D eigenvalue weighted by Crippen LogP contribution is -2.54. The third-order valence-corrected chi connectivity index (χ3v) is 7.05. The second-order valence-electron chi connectivity index (χ2n) is 9.76. The number of alkyl halides is 2. The van der Waals surface area contributed by atoms with Crippen LogP contribution >= 0.6 is 11.6 Å². The molecule has 4 aromatic rings. The first kappa shape index (κ1) is 30.6. The van der Waals surface area contributed by atoms with Crippen LogP contribution in [0.25, 0.3) is 0 Å². The Balaban J connectivity index is 1.33. The van der Waals surface area contributed by atoms with Gasteiger partial charge in [0.25, 0.3) is 0 Å². The average Bonchev–Trinajstić information content (AvgIpc) is 3.51. The molecule has 1 unspecified atom stereocenters. The number of rotatable bonds is 8. The highest BCUT2D eigenvalue weighted by molar-refractivity contribution is 6.30. The average molecular weight is 626 g/mol. The Bertz CT molecular complexity index is 1790. The van der Waals surface area contributed by atoms with E-state index in [9.17, 15) is 23.1 Å². The number of Topliss-reactive ketones (excluding diaryl/α,β-unsaturated/α-hetero) is 1. The van der Waals surface area contributed by atoms with Crippen molar-refractivity contribution in [2.45, 2.75) is 17.9 Å². The van der Waals surface area contributed by atoms with Gasteiger partial charge in [-0.3, -0.25) is 14.8 Å². The standard InChI is InChI=1S/C31H21ClF5N5O2/c32-25-11-5-21(13-27(25)35)14-28(43)22-7-3-19(4-8-22)1-2-20-6-12-29(38-16-20)31(36,37)30(44,17-42-18-39-40-41-42)24-10-9-23(33)15-26(24)34/h3-13,15-16,18,40-41,44H,14,17H2. The summed E-state index contributed by atoms with van der Waals surface area (Å²) in [5, 5.41) is 15.8. The van der Waals surface area contributed by atoms with Crippen LogP contribution in [0.2, 0.25) is 5.02 Å². The fraction of sp³-hybridized carbons (Fsp3) is 0.129. The number of ketones is 1. The second-order valence-corrected chi connectivity index (χ2v) is 10.2. The topological polar surface area (TPSA) is 89.8 Å². The van der Waals surface area contributed by atoms with Crippen molar-refractivity contribution < 1.29 is 31.9 Å². The number of hydrazine groups is 2. The molecule has 0 amide bonds. The van der Waals surface area contributed by atoms with Crippen LogP contribution in [0, 0.1) is 29.3 Å². The van der Waals surface area contributed by atoms with Crippen molar-refractivity contribution in [1.29, 1.82) is 0 Å². The SMILES string of the molecule is O=C(Cc1ccc(Cl)c(F)c1)c1ccc(C#Cc2ccc(C(F)(F)C(O)(CN3C=NNN3)c3ccc(F)cc3F)nc2)cc1. The molecule has 1 aliphatic rings. The van der Waals surface area contributed by atoms with Gasteiger partial charge in [-0.25, -0.2) is 18.7 Å². The Morgan fingerprint density at radius 2 is 1.66 bits per heavy atom. The molecule has 13 heteroatoms. The molecule has 0 fully saturated rings. The van der Waals surface area contributed by atoms with Gasteiger partial charge in [-0.1, -0.05) is 41.6 Å². The summed E-state index contributed by atoms with van der Waals surface area (Å²) in [5.74, 6) is -1.77. The van der Waals surface area contributed by atoms with E-state index in [-0.39, 0.29) is 22.8 Å². The van der Waals surface area contributed by atoms with Crippen LogP contribution in [0.3, 0.4) is 0 Å². The Morgan fingerprint density at radius 1 is 0.932 bits per heavy atom. The predicted octanol–water partition coefficient (Wildman–Crippen LogP) is 5.23. The number of benzene rings is 3. The second kappa shape index (κ2) is 12.4. The maximum Gasteiger partial charge on any atom is 0.323 e. The smallest absolute Gasteiger partial charge is 0.323 e. The van der Waals surface area contributed by atoms with Crippen LogP contribution in [0.1, 0.15) is 38.3 Å². The van der Waals surface area contributed by atoms with E-state index in [1.807, 2.05) is 0 Å². The monoisotopic (exact) mass is 625 g/mol. The first-order chi connectivity index (χ1) is 21.0. The number of nitrogens with zero attached hydrogens (tertiary/aromatic N) is 3. The summed E-state index contributed by atoms with van der Waals surface area (Å²) in [5.41, 5.74) is 1.37. The van der Waals surface area contributed by atoms with Crippen molar-refractivity contribution in [3.8, 4) is 11.8 Å². The van der Waals surface area contributed by atoms with Gasteiger partial charge < -0.3 is 5.11 Å². The summed E-state index contributed by atoms with van der Waals surface area (Å²) >= 11 is 5.68. The normalized spacial score (nSPS) is 14.0. The molecule has 0 radical (unpaired) electrons. The lowest BCUT2D eigenvalue weighted by molar-refractivity contribution is -0.206. The van der Waals surface area contributed by atoms with Crippen molar-refractivity contribution in [3.05, 3.63) is 135 Å². The molecule has 0 bridgehead atoms. The third-order valence-electron chi connectivity index (χ3n) is 6.74. The molecule has 3 aromatic carbocycles. The summed E-state index contributed by atoms with van der Waals surface area (Å²) < 4.78 is 73.7. The number of hydrazone groups is 1. The number of aliphatic hydroxyl groups is 1. The fourth-order valence-corrected chi connectivity index (χ4v) is 4.53. The number of nitrogens with one attached hydrogen (secondary N) is 2. The maximum absolute atomic E-state index is 15.9. The number of carbonyl (C=O) groups excluding carboxylic acids is 1. The van der Waals surface area contributed by atoms with Crippen LogP contribution < -0.4 is 11.1 Å². The quantitative estimate of drug-likeness (QED) is 0.141. The van der Waals surface area contributed by atoms with Gasteiger partial charge >= 0.3 is 5.92 Å². The number of halogens is 6. The van der Waals surface area contributed by atoms with Gasteiger partial charge in [-0.05, 0) is 54.1 Å². The number of aromatic nitrogens is 1. The number of pyridine rings is 1. The predicted molar refractivity (Wildman–Crippen MR) is 152 cm³/mol. The van der Waals surface area contributed by atoms with Gasteiger partial charge in [0.1, 0.15) is 29.5 Å². The van der Waals surface area contributed by atoms with Crippen LogP contribution in [-0.4, -0.2) is 33.8 Å². The molecule has 0 saturated carbocycles. The Morgan fingerprint density at radius 3 is 2.30 bits per heavy atom. The minimum atomic E-state index is -4.17. The third kappa shape index (κ3) is 6.40. The van der Waals surface area contributed by atoms with Gasteiger partial charge in [0.15, 0.2) is 11.4 Å². The molecule has 0 saturated heterocycles. The van der Waals surface area contributed by atoms with Crippen LogP contribution in [0.15, 0.2) is 84.1 Å². The van der Waals surface area contributed by atoms with Gasteiger partial charge in [-0.2, -0.15) is 13.9 Å². The van der Waals surface area contributed by atoms with E-state index in [1.54, 1.807) is 30.3 Å². The highest BCUT2D eigenvalue weighted by Gasteiger charge is 2.58. The zero-order chi connectivity index (χ0) is 31.5. The molecule has 0 spiro atoms. The number of carbonyl (C=O) groups is 1. The van der Waals surface area contributed by atoms with Gasteiger partial charge in [0, 0.05) is 40.9 Å². The molecule has 5 rings (SSSR count). The van der Waals surface area contributed by atoms with E-state index in [0.29, 0.717) is 22.8 Å². The van der Waals surface area contributed by atoms with E-state index in [2.05, 4.69) is 33.0 Å². The molecule has 1 aliphatic heterocycles. The molecular formula is C31H21ClF5N5O2.